The Labute approximate surface area is 86.5 Å². The molecule has 0 aliphatic carbocycles. The van der Waals surface area contributed by atoms with Crippen molar-refractivity contribution in [1.29, 1.82) is 0 Å². The second kappa shape index (κ2) is 3.52. The second-order valence-electron chi connectivity index (χ2n) is 2.93. The highest BCUT2D eigenvalue weighted by Gasteiger charge is 2.22. The molecule has 1 unspecified atom stereocenters. The lowest BCUT2D eigenvalue weighted by atomic mass is 10.2. The van der Waals surface area contributed by atoms with Crippen LogP contribution in [0.4, 0.5) is 0 Å². The lowest BCUT2D eigenvalue weighted by Crippen LogP contribution is -2.05. The van der Waals surface area contributed by atoms with E-state index in [-0.39, 0.29) is 0 Å². The van der Waals surface area contributed by atoms with Crippen LogP contribution in [0.15, 0.2) is 30.0 Å². The third-order valence-corrected chi connectivity index (χ3v) is 2.17. The van der Waals surface area contributed by atoms with Crippen LogP contribution in [-0.4, -0.2) is 11.6 Å². The molecule has 14 heavy (non-hydrogen) atoms. The van der Waals surface area contributed by atoms with Crippen LogP contribution in [0.3, 0.4) is 0 Å². The number of hydrogen-bond acceptors (Lipinski definition) is 3. The van der Waals surface area contributed by atoms with E-state index < -0.39 is 6.48 Å². The van der Waals surface area contributed by atoms with Crippen molar-refractivity contribution in [2.45, 2.75) is 13.4 Å². The summed E-state index contributed by atoms with van der Waals surface area (Å²) in [5, 5.41) is 9.73. The maximum Gasteiger partial charge on any atom is 0.358 e. The molecule has 1 aliphatic rings. The fourth-order valence-electron chi connectivity index (χ4n) is 1.29. The van der Waals surface area contributed by atoms with E-state index in [0.717, 1.165) is 5.56 Å². The van der Waals surface area contributed by atoms with E-state index in [2.05, 4.69) is 0 Å². The highest BCUT2D eigenvalue weighted by atomic mass is 35.5. The van der Waals surface area contributed by atoms with Crippen LogP contribution < -0.4 is 0 Å². The van der Waals surface area contributed by atoms with Crippen LogP contribution >= 0.6 is 11.6 Å². The van der Waals surface area contributed by atoms with Crippen LogP contribution in [0.25, 0.3) is 5.76 Å². The molecule has 4 heteroatoms. The summed E-state index contributed by atoms with van der Waals surface area (Å²) < 4.78 is 10.0. The van der Waals surface area contributed by atoms with Gasteiger partial charge in [0.15, 0.2) is 5.76 Å². The zero-order valence-corrected chi connectivity index (χ0v) is 8.28. The average molecular weight is 213 g/mol. The maximum absolute atomic E-state index is 9.07. The van der Waals surface area contributed by atoms with Crippen molar-refractivity contribution in [3.8, 4) is 0 Å². The topological polar surface area (TPSA) is 38.7 Å². The second-order valence-corrected chi connectivity index (χ2v) is 3.37. The Kier molecular flexibility index (Phi) is 2.35. The molecule has 1 atom stereocenters. The van der Waals surface area contributed by atoms with Crippen LogP contribution in [0.1, 0.15) is 12.5 Å². The lowest BCUT2D eigenvalue weighted by molar-refractivity contribution is -0.182. The molecule has 1 N–H and O–H groups in total. The standard InChI is InChI=1S/C10H9ClO3/c1-6-9(14-10(12)13-6)7-2-4-8(11)5-3-7/h2-5,10,12H,1H3. The number of halogens is 1. The van der Waals surface area contributed by atoms with Gasteiger partial charge in [0.1, 0.15) is 5.76 Å². The maximum atomic E-state index is 9.07. The largest absolute Gasteiger partial charge is 0.433 e. The molecular weight excluding hydrogens is 204 g/mol. The summed E-state index contributed by atoms with van der Waals surface area (Å²) in [6, 6.07) is 7.13. The monoisotopic (exact) mass is 212 g/mol. The summed E-state index contributed by atoms with van der Waals surface area (Å²) in [6.45, 7) is 0.542. The molecule has 74 valence electrons. The molecule has 3 nitrogen and oxygen atoms in total. The minimum absolute atomic E-state index is 0.550. The highest BCUT2D eigenvalue weighted by molar-refractivity contribution is 6.30. The molecule has 0 amide bonds. The van der Waals surface area contributed by atoms with Crippen LogP contribution in [0.2, 0.25) is 5.02 Å². The molecule has 2 rings (SSSR count). The van der Waals surface area contributed by atoms with Crippen molar-refractivity contribution in [1.82, 2.24) is 0 Å². The minimum Gasteiger partial charge on any atom is -0.433 e. The number of aliphatic hydroxyl groups is 1. The van der Waals surface area contributed by atoms with E-state index in [9.17, 15) is 0 Å². The van der Waals surface area contributed by atoms with Gasteiger partial charge >= 0.3 is 6.48 Å². The van der Waals surface area contributed by atoms with Crippen molar-refractivity contribution in [3.05, 3.63) is 40.6 Å². The predicted octanol–water partition coefficient (Wildman–Crippen LogP) is 2.35. The van der Waals surface area contributed by atoms with Gasteiger partial charge in [-0.2, -0.15) is 0 Å². The Morgan fingerprint density at radius 3 is 2.36 bits per heavy atom. The van der Waals surface area contributed by atoms with Crippen molar-refractivity contribution in [2.24, 2.45) is 0 Å². The fourth-order valence-corrected chi connectivity index (χ4v) is 1.41. The number of hydrogen-bond donors (Lipinski definition) is 1. The number of ether oxygens (including phenoxy) is 2. The van der Waals surface area contributed by atoms with Gasteiger partial charge in [-0.1, -0.05) is 11.6 Å². The molecule has 0 bridgehead atoms. The van der Waals surface area contributed by atoms with E-state index in [1.807, 2.05) is 12.1 Å². The zero-order valence-electron chi connectivity index (χ0n) is 7.53. The number of aliphatic hydroxyl groups excluding tert-OH is 1. The van der Waals surface area contributed by atoms with E-state index in [1.165, 1.54) is 0 Å². The SMILES string of the molecule is CC1=C(c2ccc(Cl)cc2)OC(O)O1. The molecular formula is C10H9ClO3. The Hall–Kier alpha value is -1.19. The first-order valence-corrected chi connectivity index (χ1v) is 4.53. The lowest BCUT2D eigenvalue weighted by Gasteiger charge is -2.04. The predicted molar refractivity (Wildman–Crippen MR) is 52.2 cm³/mol. The molecule has 1 aromatic rings. The van der Waals surface area contributed by atoms with Gasteiger partial charge in [0, 0.05) is 10.6 Å². The Bertz CT molecular complexity index is 369. The number of benzene rings is 1. The van der Waals surface area contributed by atoms with Crippen molar-refractivity contribution in [3.63, 3.8) is 0 Å². The normalized spacial score (nSPS) is 20.6. The molecule has 0 fully saturated rings. The summed E-state index contributed by atoms with van der Waals surface area (Å²) in [6.07, 6.45) is 0. The van der Waals surface area contributed by atoms with E-state index >= 15 is 0 Å². The smallest absolute Gasteiger partial charge is 0.358 e. The van der Waals surface area contributed by atoms with Gasteiger partial charge in [0.25, 0.3) is 0 Å². The molecule has 1 heterocycles. The minimum atomic E-state index is -1.19. The van der Waals surface area contributed by atoms with Gasteiger partial charge in [-0.05, 0) is 31.2 Å². The Morgan fingerprint density at radius 2 is 1.86 bits per heavy atom. The first-order chi connectivity index (χ1) is 6.66. The fraction of sp³-hybridized carbons (Fsp3) is 0.200. The first-order valence-electron chi connectivity index (χ1n) is 4.15. The highest BCUT2D eigenvalue weighted by Crippen LogP contribution is 2.29. The summed E-state index contributed by atoms with van der Waals surface area (Å²) >= 11 is 5.75. The van der Waals surface area contributed by atoms with Crippen molar-refractivity contribution >= 4 is 17.4 Å². The van der Waals surface area contributed by atoms with Gasteiger partial charge < -0.3 is 14.6 Å². The van der Waals surface area contributed by atoms with E-state index in [4.69, 9.17) is 26.2 Å². The van der Waals surface area contributed by atoms with Crippen molar-refractivity contribution in [2.75, 3.05) is 0 Å². The summed E-state index contributed by atoms with van der Waals surface area (Å²) in [7, 11) is 0. The van der Waals surface area contributed by atoms with Crippen LogP contribution in [0, 0.1) is 0 Å². The van der Waals surface area contributed by atoms with E-state index in [1.54, 1.807) is 19.1 Å². The summed E-state index contributed by atoms with van der Waals surface area (Å²) in [5.41, 5.74) is 0.837. The van der Waals surface area contributed by atoms with Gasteiger partial charge in [0.2, 0.25) is 0 Å². The van der Waals surface area contributed by atoms with Gasteiger partial charge in [-0.15, -0.1) is 0 Å². The zero-order chi connectivity index (χ0) is 10.1. The summed E-state index contributed by atoms with van der Waals surface area (Å²) in [5.74, 6) is 1.12. The molecule has 1 aromatic carbocycles. The molecule has 0 saturated heterocycles. The molecule has 0 radical (unpaired) electrons. The van der Waals surface area contributed by atoms with Crippen LogP contribution in [-0.2, 0) is 9.47 Å². The van der Waals surface area contributed by atoms with Gasteiger partial charge in [0.05, 0.1) is 0 Å². The van der Waals surface area contributed by atoms with E-state index in [0.29, 0.717) is 16.5 Å². The molecule has 0 saturated carbocycles. The number of rotatable bonds is 1. The third kappa shape index (κ3) is 1.69. The quantitative estimate of drug-likeness (QED) is 0.777. The summed E-state index contributed by atoms with van der Waals surface area (Å²) in [4.78, 5) is 0. The third-order valence-electron chi connectivity index (χ3n) is 1.92. The molecule has 0 aromatic heterocycles. The number of allylic oxidation sites excluding steroid dienone is 1. The molecule has 1 aliphatic heterocycles. The van der Waals surface area contributed by atoms with Gasteiger partial charge in [-0.25, -0.2) is 0 Å². The van der Waals surface area contributed by atoms with Crippen molar-refractivity contribution < 1.29 is 14.6 Å². The van der Waals surface area contributed by atoms with Crippen LogP contribution in [0.5, 0.6) is 0 Å². The molecule has 0 spiro atoms. The van der Waals surface area contributed by atoms with Gasteiger partial charge in [-0.3, -0.25) is 0 Å². The Morgan fingerprint density at radius 1 is 1.21 bits per heavy atom. The average Bonchev–Trinajstić information content (AvgIpc) is 2.47. The Balaban J connectivity index is 2.32. The first kappa shape index (κ1) is 9.37.